The van der Waals surface area contributed by atoms with Crippen LogP contribution in [0.2, 0.25) is 10.3 Å². The summed E-state index contributed by atoms with van der Waals surface area (Å²) in [5.41, 5.74) is -0.740. The molecule has 0 atom stereocenters. The lowest BCUT2D eigenvalue weighted by atomic mass is 10.2. The molecule has 0 fully saturated rings. The fraction of sp³-hybridized carbons (Fsp3) is 0. The molecule has 2 aromatic rings. The molecule has 1 heterocycles. The Bertz CT molecular complexity index is 676. The second-order valence-electron chi connectivity index (χ2n) is 3.57. The van der Waals surface area contributed by atoms with Crippen LogP contribution >= 0.6 is 39.1 Å². The zero-order valence-corrected chi connectivity index (χ0v) is 12.5. The lowest BCUT2D eigenvalue weighted by Crippen LogP contribution is -2.15. The summed E-state index contributed by atoms with van der Waals surface area (Å²) in [6, 6.07) is 3.16. The van der Waals surface area contributed by atoms with Gasteiger partial charge < -0.3 is 5.32 Å². The molecule has 0 saturated carbocycles. The largest absolute Gasteiger partial charge is 0.317 e. The molecule has 1 amide bonds. The summed E-state index contributed by atoms with van der Waals surface area (Å²) in [7, 11) is 0. The van der Waals surface area contributed by atoms with Gasteiger partial charge in [0.05, 0.1) is 5.56 Å². The van der Waals surface area contributed by atoms with Crippen molar-refractivity contribution in [3.05, 3.63) is 50.2 Å². The van der Waals surface area contributed by atoms with Crippen LogP contribution in [0.15, 0.2) is 22.7 Å². The van der Waals surface area contributed by atoms with E-state index in [1.54, 1.807) is 0 Å². The van der Waals surface area contributed by atoms with Crippen molar-refractivity contribution >= 4 is 50.7 Å². The third-order valence-electron chi connectivity index (χ3n) is 2.21. The lowest BCUT2D eigenvalue weighted by molar-refractivity contribution is 0.102. The Morgan fingerprint density at radius 2 is 1.75 bits per heavy atom. The molecule has 0 radical (unpaired) electrons. The number of carbonyl (C=O) groups is 1. The minimum atomic E-state index is -0.936. The van der Waals surface area contributed by atoms with Crippen LogP contribution in [-0.4, -0.2) is 16.1 Å². The van der Waals surface area contributed by atoms with Gasteiger partial charge in [-0.25, -0.2) is 8.78 Å². The molecule has 9 heteroatoms. The number of carbonyl (C=O) groups excluding carboxylic acids is 1. The predicted octanol–water partition coefficient (Wildman–Crippen LogP) is 4.08. The molecule has 0 unspecified atom stereocenters. The minimum Gasteiger partial charge on any atom is -0.317 e. The Morgan fingerprint density at radius 3 is 2.35 bits per heavy atom. The van der Waals surface area contributed by atoms with Crippen molar-refractivity contribution in [3.8, 4) is 0 Å². The first-order valence-corrected chi connectivity index (χ1v) is 6.58. The van der Waals surface area contributed by atoms with Crippen molar-refractivity contribution < 1.29 is 13.6 Å². The normalized spacial score (nSPS) is 10.4. The predicted molar refractivity (Wildman–Crippen MR) is 74.1 cm³/mol. The topological polar surface area (TPSA) is 54.9 Å². The van der Waals surface area contributed by atoms with E-state index in [0.29, 0.717) is 0 Å². The molecular weight excluding hydrogens is 379 g/mol. The molecule has 0 bridgehead atoms. The molecule has 0 saturated heterocycles. The van der Waals surface area contributed by atoms with Gasteiger partial charge in [0, 0.05) is 4.47 Å². The Hall–Kier alpha value is -1.31. The summed E-state index contributed by atoms with van der Waals surface area (Å²) in [5, 5.41) is 8.62. The fourth-order valence-electron chi connectivity index (χ4n) is 1.35. The van der Waals surface area contributed by atoms with Gasteiger partial charge in [-0.15, -0.1) is 10.2 Å². The van der Waals surface area contributed by atoms with Crippen LogP contribution in [0.5, 0.6) is 0 Å². The monoisotopic (exact) mass is 381 g/mol. The van der Waals surface area contributed by atoms with Crippen molar-refractivity contribution in [3.63, 3.8) is 0 Å². The highest BCUT2D eigenvalue weighted by molar-refractivity contribution is 9.10. The number of anilines is 1. The first-order valence-electron chi connectivity index (χ1n) is 5.03. The summed E-state index contributed by atoms with van der Waals surface area (Å²) in [6.07, 6.45) is 0. The number of benzene rings is 1. The van der Waals surface area contributed by atoms with Crippen LogP contribution < -0.4 is 5.32 Å². The summed E-state index contributed by atoms with van der Waals surface area (Å²) < 4.78 is 27.4. The first-order chi connectivity index (χ1) is 9.38. The lowest BCUT2D eigenvalue weighted by Gasteiger charge is -2.08. The zero-order valence-electron chi connectivity index (χ0n) is 9.42. The van der Waals surface area contributed by atoms with E-state index in [9.17, 15) is 13.6 Å². The zero-order chi connectivity index (χ0) is 14.9. The highest BCUT2D eigenvalue weighted by Crippen LogP contribution is 2.25. The van der Waals surface area contributed by atoms with Crippen LogP contribution in [-0.2, 0) is 0 Å². The Labute approximate surface area is 130 Å². The van der Waals surface area contributed by atoms with Gasteiger partial charge in [-0.3, -0.25) is 4.79 Å². The van der Waals surface area contributed by atoms with Crippen LogP contribution in [0.4, 0.5) is 14.5 Å². The highest BCUT2D eigenvalue weighted by atomic mass is 79.9. The van der Waals surface area contributed by atoms with Crippen LogP contribution in [0, 0.1) is 11.6 Å². The average molecular weight is 383 g/mol. The summed E-state index contributed by atoms with van der Waals surface area (Å²) in [6.45, 7) is 0. The summed E-state index contributed by atoms with van der Waals surface area (Å²) in [5.74, 6) is -2.73. The van der Waals surface area contributed by atoms with Gasteiger partial charge in [0.15, 0.2) is 21.9 Å². The SMILES string of the molecule is O=C(Nc1c(F)cc(Br)cc1F)c1cc(Cl)nnc1Cl. The molecule has 104 valence electrons. The molecule has 1 aromatic carbocycles. The quantitative estimate of drug-likeness (QED) is 0.851. The second kappa shape index (κ2) is 5.99. The number of hydrogen-bond donors (Lipinski definition) is 1. The van der Waals surface area contributed by atoms with E-state index < -0.39 is 23.2 Å². The Kier molecular flexibility index (Phi) is 4.52. The molecule has 0 spiro atoms. The summed E-state index contributed by atoms with van der Waals surface area (Å²) in [4.78, 5) is 11.9. The number of nitrogens with zero attached hydrogens (tertiary/aromatic N) is 2. The Balaban J connectivity index is 2.35. The Morgan fingerprint density at radius 1 is 1.15 bits per heavy atom. The van der Waals surface area contributed by atoms with E-state index in [-0.39, 0.29) is 20.3 Å². The van der Waals surface area contributed by atoms with Gasteiger partial charge in [0.2, 0.25) is 0 Å². The molecule has 1 aromatic heterocycles. The number of aromatic nitrogens is 2. The summed E-state index contributed by atoms with van der Waals surface area (Å²) >= 11 is 14.2. The standard InChI is InChI=1S/C11H4BrCl2F2N3O/c12-4-1-6(15)9(7(16)2-4)17-11(20)5-3-8(13)18-19-10(5)14/h1-3H,(H,17,20). The van der Waals surface area contributed by atoms with Gasteiger partial charge >= 0.3 is 0 Å². The van der Waals surface area contributed by atoms with E-state index in [1.807, 2.05) is 0 Å². The molecule has 0 aliphatic carbocycles. The van der Waals surface area contributed by atoms with E-state index in [2.05, 4.69) is 31.4 Å². The maximum atomic E-state index is 13.6. The van der Waals surface area contributed by atoms with E-state index in [4.69, 9.17) is 23.2 Å². The van der Waals surface area contributed by atoms with Crippen LogP contribution in [0.1, 0.15) is 10.4 Å². The van der Waals surface area contributed by atoms with Gasteiger partial charge in [-0.05, 0) is 18.2 Å². The number of amides is 1. The maximum absolute atomic E-state index is 13.6. The van der Waals surface area contributed by atoms with Crippen molar-refractivity contribution in [1.82, 2.24) is 10.2 Å². The second-order valence-corrected chi connectivity index (χ2v) is 5.23. The van der Waals surface area contributed by atoms with Crippen molar-refractivity contribution in [2.75, 3.05) is 5.32 Å². The van der Waals surface area contributed by atoms with Crippen molar-refractivity contribution in [2.24, 2.45) is 0 Å². The maximum Gasteiger partial charge on any atom is 0.259 e. The molecule has 20 heavy (non-hydrogen) atoms. The number of halogens is 5. The van der Waals surface area contributed by atoms with E-state index >= 15 is 0 Å². The third kappa shape index (κ3) is 3.23. The number of hydrogen-bond acceptors (Lipinski definition) is 3. The number of rotatable bonds is 2. The number of nitrogens with one attached hydrogen (secondary N) is 1. The van der Waals surface area contributed by atoms with E-state index in [0.717, 1.165) is 18.2 Å². The van der Waals surface area contributed by atoms with Gasteiger partial charge in [0.1, 0.15) is 5.69 Å². The molecule has 4 nitrogen and oxygen atoms in total. The van der Waals surface area contributed by atoms with Crippen molar-refractivity contribution in [2.45, 2.75) is 0 Å². The molecule has 2 rings (SSSR count). The van der Waals surface area contributed by atoms with Crippen molar-refractivity contribution in [1.29, 1.82) is 0 Å². The van der Waals surface area contributed by atoms with Crippen LogP contribution in [0.3, 0.4) is 0 Å². The first kappa shape index (κ1) is 15.1. The fourth-order valence-corrected chi connectivity index (χ4v) is 2.08. The minimum absolute atomic E-state index is 0.0729. The molecule has 0 aliphatic rings. The van der Waals surface area contributed by atoms with Gasteiger partial charge in [-0.2, -0.15) is 0 Å². The third-order valence-corrected chi connectivity index (χ3v) is 3.13. The average Bonchev–Trinajstić information content (AvgIpc) is 2.36. The molecule has 0 aliphatic heterocycles. The van der Waals surface area contributed by atoms with E-state index in [1.165, 1.54) is 0 Å². The van der Waals surface area contributed by atoms with Crippen LogP contribution in [0.25, 0.3) is 0 Å². The molecule has 1 N–H and O–H groups in total. The highest BCUT2D eigenvalue weighted by Gasteiger charge is 2.18. The molecular formula is C11H4BrCl2F2N3O. The van der Waals surface area contributed by atoms with Gasteiger partial charge in [0.25, 0.3) is 5.91 Å². The smallest absolute Gasteiger partial charge is 0.259 e. The van der Waals surface area contributed by atoms with Gasteiger partial charge in [-0.1, -0.05) is 39.1 Å².